The number of nitrogens with one attached hydrogen (secondary N) is 1. The summed E-state index contributed by atoms with van der Waals surface area (Å²) in [5.41, 5.74) is 5.20. The van der Waals surface area contributed by atoms with Gasteiger partial charge in [0.15, 0.2) is 0 Å². The lowest BCUT2D eigenvalue weighted by Gasteiger charge is -2.21. The second kappa shape index (κ2) is 6.06. The molecule has 1 aliphatic rings. The number of nitrogen functional groups attached to an aromatic ring is 1. The van der Waals surface area contributed by atoms with Gasteiger partial charge in [-0.3, -0.25) is 10.6 Å². The molecular weight excluding hydrogens is 238 g/mol. The fraction of sp³-hybridized carbons (Fsp3) is 0.533. The third-order valence-electron chi connectivity index (χ3n) is 3.98. The Morgan fingerprint density at radius 1 is 1.42 bits per heavy atom. The summed E-state index contributed by atoms with van der Waals surface area (Å²) in [6.45, 7) is 2.82. The lowest BCUT2D eigenvalue weighted by atomic mass is 10.1. The van der Waals surface area contributed by atoms with Crippen LogP contribution in [-0.4, -0.2) is 24.4 Å². The Balaban J connectivity index is 2.03. The molecule has 0 spiro atoms. The highest BCUT2D eigenvalue weighted by Crippen LogP contribution is 2.25. The van der Waals surface area contributed by atoms with Gasteiger partial charge in [-0.15, -0.1) is 0 Å². The molecule has 0 heterocycles. The van der Waals surface area contributed by atoms with Gasteiger partial charge in [0.25, 0.3) is 5.91 Å². The molecule has 2 rings (SSSR count). The van der Waals surface area contributed by atoms with Gasteiger partial charge in [0.1, 0.15) is 0 Å². The molecule has 4 nitrogen and oxygen atoms in total. The first kappa shape index (κ1) is 13.9. The zero-order valence-electron chi connectivity index (χ0n) is 11.8. The molecule has 1 amide bonds. The molecule has 0 unspecified atom stereocenters. The Morgan fingerprint density at radius 3 is 2.68 bits per heavy atom. The number of anilines is 1. The van der Waals surface area contributed by atoms with Crippen LogP contribution >= 0.6 is 0 Å². The van der Waals surface area contributed by atoms with E-state index in [-0.39, 0.29) is 5.91 Å². The topological polar surface area (TPSA) is 58.4 Å². The molecule has 1 aromatic rings. The zero-order valence-corrected chi connectivity index (χ0v) is 11.8. The fourth-order valence-electron chi connectivity index (χ4n) is 2.84. The smallest absolute Gasteiger partial charge is 0.253 e. The summed E-state index contributed by atoms with van der Waals surface area (Å²) in [6, 6.07) is 5.57. The third-order valence-corrected chi connectivity index (χ3v) is 3.98. The van der Waals surface area contributed by atoms with Gasteiger partial charge in [0.2, 0.25) is 0 Å². The summed E-state index contributed by atoms with van der Waals surface area (Å²) < 4.78 is 0. The van der Waals surface area contributed by atoms with Crippen LogP contribution in [0.25, 0.3) is 0 Å². The molecular formula is C15H23N3O. The van der Waals surface area contributed by atoms with Crippen molar-refractivity contribution < 1.29 is 4.79 Å². The summed E-state index contributed by atoms with van der Waals surface area (Å²) in [6.07, 6.45) is 5.13. The van der Waals surface area contributed by atoms with Gasteiger partial charge in [0.05, 0.1) is 5.69 Å². The number of nitrogens with two attached hydrogens (primary N) is 1. The summed E-state index contributed by atoms with van der Waals surface area (Å²) in [4.78, 5) is 14.2. The van der Waals surface area contributed by atoms with E-state index in [0.29, 0.717) is 5.92 Å². The van der Waals surface area contributed by atoms with Crippen LogP contribution in [0.5, 0.6) is 0 Å². The molecule has 0 bridgehead atoms. The predicted molar refractivity (Wildman–Crippen MR) is 77.9 cm³/mol. The molecule has 19 heavy (non-hydrogen) atoms. The van der Waals surface area contributed by atoms with Gasteiger partial charge in [-0.25, -0.2) is 0 Å². The highest BCUT2D eigenvalue weighted by Gasteiger charge is 2.20. The van der Waals surface area contributed by atoms with E-state index >= 15 is 0 Å². The Bertz CT molecular complexity index is 453. The van der Waals surface area contributed by atoms with Crippen LogP contribution in [-0.2, 0) is 0 Å². The van der Waals surface area contributed by atoms with E-state index in [1.807, 2.05) is 37.1 Å². The molecule has 0 aliphatic heterocycles. The molecule has 1 aliphatic carbocycles. The minimum absolute atomic E-state index is 0.0959. The van der Waals surface area contributed by atoms with Crippen molar-refractivity contribution in [2.75, 3.05) is 19.0 Å². The molecule has 0 aromatic heterocycles. The van der Waals surface area contributed by atoms with Crippen molar-refractivity contribution >= 4 is 11.6 Å². The molecule has 0 saturated heterocycles. The van der Waals surface area contributed by atoms with E-state index in [9.17, 15) is 4.79 Å². The number of nitrogens with zero attached hydrogens (tertiary/aromatic N) is 1. The van der Waals surface area contributed by atoms with Gasteiger partial charge in [0, 0.05) is 19.2 Å². The van der Waals surface area contributed by atoms with Crippen molar-refractivity contribution in [1.29, 1.82) is 0 Å². The molecule has 3 N–H and O–H groups in total. The Hall–Kier alpha value is -1.55. The fourth-order valence-corrected chi connectivity index (χ4v) is 2.84. The van der Waals surface area contributed by atoms with Crippen LogP contribution in [0.3, 0.4) is 0 Å². The summed E-state index contributed by atoms with van der Waals surface area (Å²) >= 11 is 0. The third kappa shape index (κ3) is 3.26. The normalized spacial score (nSPS) is 15.5. The Morgan fingerprint density at radius 2 is 2.11 bits per heavy atom. The number of carbonyl (C=O) groups is 1. The van der Waals surface area contributed by atoms with Crippen LogP contribution in [0.2, 0.25) is 0 Å². The van der Waals surface area contributed by atoms with Crippen molar-refractivity contribution in [2.24, 2.45) is 11.8 Å². The lowest BCUT2D eigenvalue weighted by molar-refractivity contribution is 0.0773. The summed E-state index contributed by atoms with van der Waals surface area (Å²) in [5, 5.41) is 0. The lowest BCUT2D eigenvalue weighted by Crippen LogP contribution is -2.31. The van der Waals surface area contributed by atoms with Crippen LogP contribution in [0.1, 0.15) is 41.6 Å². The molecule has 1 aromatic carbocycles. The van der Waals surface area contributed by atoms with Crippen molar-refractivity contribution in [2.45, 2.75) is 32.6 Å². The van der Waals surface area contributed by atoms with Gasteiger partial charge < -0.3 is 10.3 Å². The minimum atomic E-state index is 0.0959. The number of hydrogen-bond acceptors (Lipinski definition) is 3. The number of benzene rings is 1. The molecule has 1 saturated carbocycles. The van der Waals surface area contributed by atoms with E-state index in [2.05, 4.69) is 5.43 Å². The molecule has 4 heteroatoms. The van der Waals surface area contributed by atoms with Crippen LogP contribution in [0.4, 0.5) is 5.69 Å². The standard InChI is InChI=1S/C15H23N3O/c1-11-9-13(7-8-14(11)17-16)15(19)18(2)10-12-5-3-4-6-12/h7-9,12,17H,3-6,10,16H2,1-2H3. The maximum atomic E-state index is 12.4. The van der Waals surface area contributed by atoms with Crippen LogP contribution < -0.4 is 11.3 Å². The predicted octanol–water partition coefficient (Wildman–Crippen LogP) is 2.54. The highest BCUT2D eigenvalue weighted by atomic mass is 16.2. The first-order chi connectivity index (χ1) is 9.11. The van der Waals surface area contributed by atoms with E-state index < -0.39 is 0 Å². The second-order valence-electron chi connectivity index (χ2n) is 5.51. The van der Waals surface area contributed by atoms with Crippen LogP contribution in [0, 0.1) is 12.8 Å². The van der Waals surface area contributed by atoms with Gasteiger partial charge in [-0.05, 0) is 49.4 Å². The summed E-state index contributed by atoms with van der Waals surface area (Å²) in [5.74, 6) is 6.18. The maximum absolute atomic E-state index is 12.4. The minimum Gasteiger partial charge on any atom is -0.341 e. The van der Waals surface area contributed by atoms with E-state index in [0.717, 1.165) is 23.4 Å². The van der Waals surface area contributed by atoms with Crippen molar-refractivity contribution in [3.63, 3.8) is 0 Å². The molecule has 0 atom stereocenters. The quantitative estimate of drug-likeness (QED) is 0.647. The van der Waals surface area contributed by atoms with Crippen LogP contribution in [0.15, 0.2) is 18.2 Å². The maximum Gasteiger partial charge on any atom is 0.253 e. The number of carbonyl (C=O) groups excluding carboxylic acids is 1. The number of rotatable bonds is 4. The van der Waals surface area contributed by atoms with Gasteiger partial charge >= 0.3 is 0 Å². The zero-order chi connectivity index (χ0) is 13.8. The monoisotopic (exact) mass is 261 g/mol. The Labute approximate surface area is 114 Å². The van der Waals surface area contributed by atoms with Gasteiger partial charge in [-0.1, -0.05) is 12.8 Å². The average molecular weight is 261 g/mol. The molecule has 0 radical (unpaired) electrons. The Kier molecular flexibility index (Phi) is 4.43. The SMILES string of the molecule is Cc1cc(C(=O)N(C)CC2CCCC2)ccc1NN. The number of aryl methyl sites for hydroxylation is 1. The first-order valence-corrected chi connectivity index (χ1v) is 6.94. The highest BCUT2D eigenvalue weighted by molar-refractivity contribution is 5.94. The number of hydrazine groups is 1. The van der Waals surface area contributed by atoms with Crippen molar-refractivity contribution in [3.05, 3.63) is 29.3 Å². The van der Waals surface area contributed by atoms with E-state index in [4.69, 9.17) is 5.84 Å². The largest absolute Gasteiger partial charge is 0.341 e. The van der Waals surface area contributed by atoms with E-state index in [1.54, 1.807) is 0 Å². The van der Waals surface area contributed by atoms with Gasteiger partial charge in [-0.2, -0.15) is 0 Å². The number of hydrogen-bond donors (Lipinski definition) is 2. The van der Waals surface area contributed by atoms with Crippen molar-refractivity contribution in [1.82, 2.24) is 4.90 Å². The van der Waals surface area contributed by atoms with Crippen molar-refractivity contribution in [3.8, 4) is 0 Å². The average Bonchev–Trinajstić information content (AvgIpc) is 2.90. The molecule has 1 fully saturated rings. The summed E-state index contributed by atoms with van der Waals surface area (Å²) in [7, 11) is 1.89. The number of amides is 1. The molecule has 104 valence electrons. The second-order valence-corrected chi connectivity index (χ2v) is 5.51. The first-order valence-electron chi connectivity index (χ1n) is 6.94. The van der Waals surface area contributed by atoms with E-state index in [1.165, 1.54) is 25.7 Å².